The van der Waals surface area contributed by atoms with Crippen molar-refractivity contribution in [1.29, 1.82) is 0 Å². The molecule has 4 amide bonds. The standard InChI is InChI=1S/C16H20N4O4/c1-4-16(2)14(22)20(15(23)17-16)18-13(21)10-5-6-12-11(9-10)19(3)7-8-24-12/h5-6,9H,4,7-8H2,1-3H3,(H,17,23)(H,18,21). The molecule has 0 aliphatic carbocycles. The molecule has 1 fully saturated rings. The monoisotopic (exact) mass is 332 g/mol. The SMILES string of the molecule is CCC1(C)NC(=O)N(NC(=O)c2ccc3c(c2)N(C)CCO3)C1=O. The Labute approximate surface area is 139 Å². The maximum Gasteiger partial charge on any atom is 0.344 e. The fraction of sp³-hybridized carbons (Fsp3) is 0.438. The summed E-state index contributed by atoms with van der Waals surface area (Å²) < 4.78 is 5.54. The number of amides is 4. The molecular weight excluding hydrogens is 312 g/mol. The molecule has 2 heterocycles. The van der Waals surface area contributed by atoms with Crippen LogP contribution in [-0.4, -0.2) is 48.6 Å². The molecule has 1 saturated heterocycles. The largest absolute Gasteiger partial charge is 0.490 e. The van der Waals surface area contributed by atoms with E-state index in [0.717, 1.165) is 17.2 Å². The van der Waals surface area contributed by atoms with E-state index in [4.69, 9.17) is 4.74 Å². The Morgan fingerprint density at radius 1 is 1.42 bits per heavy atom. The molecular formula is C16H20N4O4. The number of anilines is 1. The van der Waals surface area contributed by atoms with Crippen LogP contribution in [0.5, 0.6) is 5.75 Å². The van der Waals surface area contributed by atoms with Crippen molar-refractivity contribution >= 4 is 23.5 Å². The van der Waals surface area contributed by atoms with E-state index in [1.165, 1.54) is 0 Å². The minimum Gasteiger partial charge on any atom is -0.490 e. The van der Waals surface area contributed by atoms with Gasteiger partial charge in [0.1, 0.15) is 17.9 Å². The van der Waals surface area contributed by atoms with Gasteiger partial charge in [-0.1, -0.05) is 6.92 Å². The van der Waals surface area contributed by atoms with Crippen LogP contribution in [0.3, 0.4) is 0 Å². The maximum absolute atomic E-state index is 12.4. The number of nitrogens with zero attached hydrogens (tertiary/aromatic N) is 2. The summed E-state index contributed by atoms with van der Waals surface area (Å²) in [6.07, 6.45) is 0.435. The van der Waals surface area contributed by atoms with Gasteiger partial charge >= 0.3 is 6.03 Å². The first-order valence-electron chi connectivity index (χ1n) is 7.81. The maximum atomic E-state index is 12.4. The molecule has 1 unspecified atom stereocenters. The predicted molar refractivity (Wildman–Crippen MR) is 86.7 cm³/mol. The topological polar surface area (TPSA) is 91.0 Å². The second-order valence-electron chi connectivity index (χ2n) is 6.15. The van der Waals surface area contributed by atoms with Crippen LogP contribution in [-0.2, 0) is 4.79 Å². The molecule has 24 heavy (non-hydrogen) atoms. The first kappa shape index (κ1) is 16.1. The van der Waals surface area contributed by atoms with E-state index in [1.54, 1.807) is 32.0 Å². The Bertz CT molecular complexity index is 720. The molecule has 2 aliphatic heterocycles. The lowest BCUT2D eigenvalue weighted by molar-refractivity contribution is -0.132. The number of fused-ring (bicyclic) bond motifs is 1. The zero-order valence-electron chi connectivity index (χ0n) is 13.9. The Morgan fingerprint density at radius 2 is 2.17 bits per heavy atom. The highest BCUT2D eigenvalue weighted by atomic mass is 16.5. The summed E-state index contributed by atoms with van der Waals surface area (Å²) in [4.78, 5) is 38.7. The molecule has 1 aromatic rings. The van der Waals surface area contributed by atoms with E-state index in [2.05, 4.69) is 10.7 Å². The van der Waals surface area contributed by atoms with Gasteiger partial charge in [-0.2, -0.15) is 5.01 Å². The van der Waals surface area contributed by atoms with Crippen molar-refractivity contribution in [1.82, 2.24) is 15.8 Å². The number of hydrogen-bond donors (Lipinski definition) is 2. The third-order valence-corrected chi connectivity index (χ3v) is 4.50. The first-order chi connectivity index (χ1) is 11.4. The number of urea groups is 1. The molecule has 1 atom stereocenters. The molecule has 2 aliphatic rings. The quantitative estimate of drug-likeness (QED) is 0.802. The highest BCUT2D eigenvalue weighted by molar-refractivity contribution is 6.09. The highest BCUT2D eigenvalue weighted by Crippen LogP contribution is 2.31. The van der Waals surface area contributed by atoms with Gasteiger partial charge in [0, 0.05) is 12.6 Å². The number of benzene rings is 1. The molecule has 8 nitrogen and oxygen atoms in total. The van der Waals surface area contributed by atoms with Crippen LogP contribution < -0.4 is 20.4 Å². The van der Waals surface area contributed by atoms with Gasteiger partial charge in [-0.3, -0.25) is 15.0 Å². The molecule has 8 heteroatoms. The van der Waals surface area contributed by atoms with Crippen molar-refractivity contribution in [3.8, 4) is 5.75 Å². The Hall–Kier alpha value is -2.77. The summed E-state index contributed by atoms with van der Waals surface area (Å²) in [6.45, 7) is 4.74. The fourth-order valence-electron chi connectivity index (χ4n) is 2.68. The van der Waals surface area contributed by atoms with Crippen molar-refractivity contribution < 1.29 is 19.1 Å². The molecule has 0 bridgehead atoms. The zero-order valence-corrected chi connectivity index (χ0v) is 13.9. The van der Waals surface area contributed by atoms with Gasteiger partial charge in [-0.25, -0.2) is 4.79 Å². The molecule has 3 rings (SSSR count). The van der Waals surface area contributed by atoms with E-state index in [9.17, 15) is 14.4 Å². The summed E-state index contributed by atoms with van der Waals surface area (Å²) in [5.74, 6) is -0.295. The molecule has 0 spiro atoms. The van der Waals surface area contributed by atoms with Crippen molar-refractivity contribution in [2.75, 3.05) is 25.1 Å². The summed E-state index contributed by atoms with van der Waals surface area (Å²) in [7, 11) is 1.91. The van der Waals surface area contributed by atoms with Crippen LogP contribution in [0.15, 0.2) is 18.2 Å². The number of rotatable bonds is 3. The number of likely N-dealkylation sites (N-methyl/N-ethyl adjacent to an activating group) is 1. The second-order valence-corrected chi connectivity index (χ2v) is 6.15. The number of ether oxygens (including phenoxy) is 1. The lowest BCUT2D eigenvalue weighted by Crippen LogP contribution is -2.48. The molecule has 0 saturated carbocycles. The van der Waals surface area contributed by atoms with E-state index in [0.29, 0.717) is 24.3 Å². The van der Waals surface area contributed by atoms with Crippen molar-refractivity contribution in [3.63, 3.8) is 0 Å². The zero-order chi connectivity index (χ0) is 17.5. The third-order valence-electron chi connectivity index (χ3n) is 4.50. The third kappa shape index (κ3) is 2.53. The van der Waals surface area contributed by atoms with Gasteiger partial charge in [0.05, 0.1) is 12.2 Å². The lowest BCUT2D eigenvalue weighted by atomic mass is 10.00. The van der Waals surface area contributed by atoms with Crippen LogP contribution in [0.1, 0.15) is 30.6 Å². The average molecular weight is 332 g/mol. The van der Waals surface area contributed by atoms with Gasteiger partial charge in [0.2, 0.25) is 0 Å². The first-order valence-corrected chi connectivity index (χ1v) is 7.81. The van der Waals surface area contributed by atoms with Crippen molar-refractivity contribution in [2.45, 2.75) is 25.8 Å². The lowest BCUT2D eigenvalue weighted by Gasteiger charge is -2.28. The number of hydrogen-bond acceptors (Lipinski definition) is 5. The molecule has 2 N–H and O–H groups in total. The minimum atomic E-state index is -0.992. The van der Waals surface area contributed by atoms with E-state index in [-0.39, 0.29) is 0 Å². The molecule has 0 radical (unpaired) electrons. The summed E-state index contributed by atoms with van der Waals surface area (Å²) in [6, 6.07) is 4.37. The van der Waals surface area contributed by atoms with Gasteiger partial charge < -0.3 is 15.0 Å². The smallest absolute Gasteiger partial charge is 0.344 e. The summed E-state index contributed by atoms with van der Waals surface area (Å²) >= 11 is 0. The minimum absolute atomic E-state index is 0.344. The fourth-order valence-corrected chi connectivity index (χ4v) is 2.68. The number of carbonyl (C=O) groups is 3. The van der Waals surface area contributed by atoms with Crippen LogP contribution in [0.25, 0.3) is 0 Å². The number of hydrazine groups is 1. The second kappa shape index (κ2) is 5.70. The molecule has 1 aromatic carbocycles. The van der Waals surface area contributed by atoms with Crippen molar-refractivity contribution in [2.24, 2.45) is 0 Å². The average Bonchev–Trinajstić information content (AvgIpc) is 2.79. The van der Waals surface area contributed by atoms with Crippen LogP contribution in [0.4, 0.5) is 10.5 Å². The number of carbonyl (C=O) groups excluding carboxylic acids is 3. The van der Waals surface area contributed by atoms with Crippen LogP contribution in [0, 0.1) is 0 Å². The highest BCUT2D eigenvalue weighted by Gasteiger charge is 2.47. The van der Waals surface area contributed by atoms with Crippen LogP contribution in [0.2, 0.25) is 0 Å². The summed E-state index contributed by atoms with van der Waals surface area (Å²) in [5, 5.41) is 3.33. The van der Waals surface area contributed by atoms with Gasteiger partial charge in [0.25, 0.3) is 11.8 Å². The Morgan fingerprint density at radius 3 is 2.83 bits per heavy atom. The van der Waals surface area contributed by atoms with E-state index in [1.807, 2.05) is 11.9 Å². The normalized spacial score (nSPS) is 22.8. The van der Waals surface area contributed by atoms with Gasteiger partial charge in [-0.15, -0.1) is 0 Å². The van der Waals surface area contributed by atoms with Gasteiger partial charge in [0.15, 0.2) is 0 Å². The number of imide groups is 1. The molecule has 0 aromatic heterocycles. The predicted octanol–water partition coefficient (Wildman–Crippen LogP) is 0.880. The Kier molecular flexibility index (Phi) is 3.82. The van der Waals surface area contributed by atoms with E-state index >= 15 is 0 Å². The number of nitrogens with one attached hydrogen (secondary N) is 2. The molecule has 128 valence electrons. The Balaban J connectivity index is 1.80. The van der Waals surface area contributed by atoms with Gasteiger partial charge in [-0.05, 0) is 31.5 Å². The van der Waals surface area contributed by atoms with Crippen LogP contribution >= 0.6 is 0 Å². The van der Waals surface area contributed by atoms with E-state index < -0.39 is 23.4 Å². The summed E-state index contributed by atoms with van der Waals surface area (Å²) in [5.41, 5.74) is 2.53. The van der Waals surface area contributed by atoms with Crippen molar-refractivity contribution in [3.05, 3.63) is 23.8 Å².